The Morgan fingerprint density at radius 2 is 2.07 bits per heavy atom. The van der Waals surface area contributed by atoms with Crippen molar-refractivity contribution in [2.45, 2.75) is 13.0 Å². The molecule has 0 aliphatic carbocycles. The van der Waals surface area contributed by atoms with Crippen molar-refractivity contribution >= 4 is 29.0 Å². The van der Waals surface area contributed by atoms with Gasteiger partial charge in [-0.1, -0.05) is 37.9 Å². The molecule has 1 unspecified atom stereocenters. The Balaban J connectivity index is 2.25. The van der Waals surface area contributed by atoms with Crippen LogP contribution in [0.5, 0.6) is 0 Å². The number of nitrogens with one attached hydrogen (secondary N) is 3. The van der Waals surface area contributed by atoms with E-state index < -0.39 is 0 Å². The Morgan fingerprint density at radius 3 is 2.69 bits per heavy atom. The molecule has 2 heterocycles. The highest BCUT2D eigenvalue weighted by Crippen LogP contribution is 2.18. The van der Waals surface area contributed by atoms with Crippen LogP contribution in [0.3, 0.4) is 0 Å². The first-order valence-corrected chi connectivity index (χ1v) is 9.16. The Morgan fingerprint density at radius 1 is 1.31 bits per heavy atom. The standard InChI is InChI=1S/C22H24N6O/c1-6-10-16(7-2)28-21(27-18-12-9-8-11-17(18)22(28)29)15(4)26-20(23-5)19-14(3)24-13-25-19/h6-13,15,23,26H,1-3H2,4-5H3,(H,24,25)/b16-10+,20-19-. The van der Waals surface area contributed by atoms with E-state index in [0.29, 0.717) is 38.9 Å². The molecule has 7 heteroatoms. The van der Waals surface area contributed by atoms with E-state index in [1.165, 1.54) is 0 Å². The van der Waals surface area contributed by atoms with Gasteiger partial charge in [0.2, 0.25) is 0 Å². The van der Waals surface area contributed by atoms with Gasteiger partial charge in [0.1, 0.15) is 17.0 Å². The zero-order valence-electron chi connectivity index (χ0n) is 16.6. The van der Waals surface area contributed by atoms with Crippen molar-refractivity contribution < 1.29 is 0 Å². The molecule has 0 radical (unpaired) electrons. The topological polar surface area (TPSA) is 87.6 Å². The van der Waals surface area contributed by atoms with Crippen molar-refractivity contribution in [3.05, 3.63) is 88.9 Å². The number of hydrogen-bond donors (Lipinski definition) is 3. The lowest BCUT2D eigenvalue weighted by atomic mass is 10.2. The largest absolute Gasteiger partial charge is 0.373 e. The van der Waals surface area contributed by atoms with E-state index in [4.69, 9.17) is 4.98 Å². The zero-order chi connectivity index (χ0) is 21.0. The van der Waals surface area contributed by atoms with Crippen LogP contribution in [-0.2, 0) is 0 Å². The van der Waals surface area contributed by atoms with E-state index >= 15 is 0 Å². The minimum Gasteiger partial charge on any atom is -0.373 e. The Labute approximate surface area is 168 Å². The molecule has 0 bridgehead atoms. The van der Waals surface area contributed by atoms with Crippen LogP contribution in [-0.4, -0.2) is 26.6 Å². The number of nitrogens with zero attached hydrogens (tertiary/aromatic N) is 3. The molecule has 2 aromatic heterocycles. The van der Waals surface area contributed by atoms with Crippen molar-refractivity contribution in [1.82, 2.24) is 30.2 Å². The molecule has 0 aliphatic rings. The van der Waals surface area contributed by atoms with Crippen molar-refractivity contribution in [3.63, 3.8) is 0 Å². The number of aromatic amines is 1. The van der Waals surface area contributed by atoms with Crippen LogP contribution in [0.1, 0.15) is 18.8 Å². The number of fused-ring (bicyclic) bond motifs is 1. The highest BCUT2D eigenvalue weighted by Gasteiger charge is 2.19. The summed E-state index contributed by atoms with van der Waals surface area (Å²) < 4.78 is 1.55. The molecule has 3 rings (SSSR count). The van der Waals surface area contributed by atoms with Gasteiger partial charge in [0.25, 0.3) is 5.56 Å². The second-order valence-electron chi connectivity index (χ2n) is 6.38. The molecule has 0 saturated heterocycles. The van der Waals surface area contributed by atoms with Crippen LogP contribution in [0.25, 0.3) is 29.0 Å². The summed E-state index contributed by atoms with van der Waals surface area (Å²) in [6, 6.07) is 6.94. The molecule has 0 fully saturated rings. The average molecular weight is 388 g/mol. The third-order valence-electron chi connectivity index (χ3n) is 4.51. The third-order valence-corrected chi connectivity index (χ3v) is 4.51. The van der Waals surface area contributed by atoms with Crippen molar-refractivity contribution in [3.8, 4) is 0 Å². The summed E-state index contributed by atoms with van der Waals surface area (Å²) in [5.74, 6) is 1.21. The predicted octanol–water partition coefficient (Wildman–Crippen LogP) is 1.38. The van der Waals surface area contributed by atoms with E-state index in [1.54, 1.807) is 42.2 Å². The van der Waals surface area contributed by atoms with Gasteiger partial charge in [-0.15, -0.1) is 0 Å². The second-order valence-corrected chi connectivity index (χ2v) is 6.38. The lowest BCUT2D eigenvalue weighted by Crippen LogP contribution is -2.39. The van der Waals surface area contributed by atoms with Crippen LogP contribution in [0.4, 0.5) is 0 Å². The summed E-state index contributed by atoms with van der Waals surface area (Å²) in [4.78, 5) is 25.3. The van der Waals surface area contributed by atoms with Crippen LogP contribution in [0, 0.1) is 0 Å². The van der Waals surface area contributed by atoms with Crippen LogP contribution in [0.2, 0.25) is 0 Å². The maximum Gasteiger partial charge on any atom is 0.266 e. The molecule has 0 spiro atoms. The first-order chi connectivity index (χ1) is 14.0. The third kappa shape index (κ3) is 3.75. The summed E-state index contributed by atoms with van der Waals surface area (Å²) >= 11 is 0. The molecular formula is C22H24N6O. The molecule has 7 nitrogen and oxygen atoms in total. The predicted molar refractivity (Wildman–Crippen MR) is 118 cm³/mol. The minimum absolute atomic E-state index is 0.170. The molecule has 148 valence electrons. The minimum atomic E-state index is -0.334. The Bertz CT molecular complexity index is 1260. The van der Waals surface area contributed by atoms with Gasteiger partial charge in [0, 0.05) is 12.7 Å². The van der Waals surface area contributed by atoms with E-state index in [1.807, 2.05) is 25.1 Å². The van der Waals surface area contributed by atoms with E-state index in [0.717, 1.165) is 0 Å². The molecule has 3 aromatic rings. The summed E-state index contributed by atoms with van der Waals surface area (Å²) in [6.07, 6.45) is 6.53. The number of hydrogen-bond acceptors (Lipinski definition) is 5. The fourth-order valence-electron chi connectivity index (χ4n) is 3.12. The quantitative estimate of drug-likeness (QED) is 0.532. The Hall–Kier alpha value is -3.87. The molecule has 0 amide bonds. The summed E-state index contributed by atoms with van der Waals surface area (Å²) in [5, 5.41) is 8.33. The summed E-state index contributed by atoms with van der Waals surface area (Å²) in [7, 11) is 1.79. The SMILES string of the molecule is C=C/C=C(\C=C)n1c(C(C)N/C(NC)=c2\nc[nH]c2=C)nc2ccccc2c1=O. The average Bonchev–Trinajstić information content (AvgIpc) is 3.16. The van der Waals surface area contributed by atoms with Gasteiger partial charge in [0.15, 0.2) is 0 Å². The van der Waals surface area contributed by atoms with Gasteiger partial charge < -0.3 is 15.6 Å². The highest BCUT2D eigenvalue weighted by atomic mass is 16.1. The number of para-hydroxylation sites is 1. The lowest BCUT2D eigenvalue weighted by molar-refractivity contribution is 0.610. The number of aromatic nitrogens is 4. The molecule has 0 aliphatic heterocycles. The van der Waals surface area contributed by atoms with Gasteiger partial charge in [-0.25, -0.2) is 9.97 Å². The van der Waals surface area contributed by atoms with Crippen molar-refractivity contribution in [1.29, 1.82) is 0 Å². The van der Waals surface area contributed by atoms with E-state index in [-0.39, 0.29) is 11.6 Å². The van der Waals surface area contributed by atoms with Gasteiger partial charge in [0.05, 0.1) is 28.6 Å². The van der Waals surface area contributed by atoms with Gasteiger partial charge in [-0.2, -0.15) is 0 Å². The van der Waals surface area contributed by atoms with Crippen LogP contribution < -0.4 is 26.9 Å². The number of H-pyrrole nitrogens is 1. The zero-order valence-corrected chi connectivity index (χ0v) is 16.6. The normalized spacial score (nSPS) is 13.7. The lowest BCUT2D eigenvalue weighted by Gasteiger charge is -2.21. The van der Waals surface area contributed by atoms with E-state index in [2.05, 4.69) is 40.3 Å². The molecule has 0 saturated carbocycles. The monoisotopic (exact) mass is 388 g/mol. The number of benzene rings is 1. The first-order valence-electron chi connectivity index (χ1n) is 9.16. The Kier molecular flexibility index (Phi) is 5.78. The number of allylic oxidation sites excluding steroid dienone is 4. The first kappa shape index (κ1) is 19.9. The highest BCUT2D eigenvalue weighted by molar-refractivity contribution is 5.79. The molecular weight excluding hydrogens is 364 g/mol. The van der Waals surface area contributed by atoms with Crippen molar-refractivity contribution in [2.24, 2.45) is 0 Å². The fraction of sp³-hybridized carbons (Fsp3) is 0.136. The fourth-order valence-corrected chi connectivity index (χ4v) is 3.12. The van der Waals surface area contributed by atoms with Crippen LogP contribution in [0.15, 0.2) is 66.8 Å². The smallest absolute Gasteiger partial charge is 0.266 e. The second kappa shape index (κ2) is 8.43. The maximum atomic E-state index is 13.3. The molecule has 3 N–H and O–H groups in total. The molecule has 29 heavy (non-hydrogen) atoms. The van der Waals surface area contributed by atoms with Crippen molar-refractivity contribution in [2.75, 3.05) is 7.05 Å². The summed E-state index contributed by atoms with van der Waals surface area (Å²) in [6.45, 7) is 13.4. The van der Waals surface area contributed by atoms with E-state index in [9.17, 15) is 4.79 Å². The summed E-state index contributed by atoms with van der Waals surface area (Å²) in [5.41, 5.74) is 1.05. The number of imidazole rings is 1. The van der Waals surface area contributed by atoms with Gasteiger partial charge in [-0.3, -0.25) is 9.36 Å². The van der Waals surface area contributed by atoms with Crippen LogP contribution >= 0.6 is 0 Å². The van der Waals surface area contributed by atoms with Gasteiger partial charge in [-0.05, 0) is 31.2 Å². The van der Waals surface area contributed by atoms with Gasteiger partial charge >= 0.3 is 0 Å². The maximum absolute atomic E-state index is 13.3. The molecule has 1 atom stereocenters. The number of rotatable bonds is 7. The molecule has 1 aromatic carbocycles.